The molecule has 306 valence electrons. The van der Waals surface area contributed by atoms with Crippen LogP contribution in [0.5, 0.6) is 11.5 Å². The van der Waals surface area contributed by atoms with Gasteiger partial charge in [0.25, 0.3) is 0 Å². The molecule has 0 unspecified atom stereocenters. The van der Waals surface area contributed by atoms with E-state index in [1.54, 1.807) is 43.5 Å². The number of hydrogen-bond acceptors (Lipinski definition) is 15. The van der Waals surface area contributed by atoms with Crippen LogP contribution in [0.15, 0.2) is 94.7 Å². The smallest absolute Gasteiger partial charge is 0.413 e. The molecule has 58 heavy (non-hydrogen) atoms. The molecule has 1 aliphatic rings. The van der Waals surface area contributed by atoms with E-state index in [0.29, 0.717) is 35.2 Å². The number of carbonyl (C=O) groups excluding carboxylic acids is 2. The van der Waals surface area contributed by atoms with Crippen molar-refractivity contribution in [3.8, 4) is 11.5 Å². The van der Waals surface area contributed by atoms with Crippen molar-refractivity contribution >= 4 is 77.8 Å². The highest BCUT2D eigenvalue weighted by atomic mass is 32.2. The van der Waals surface area contributed by atoms with Crippen molar-refractivity contribution in [1.29, 1.82) is 0 Å². The van der Waals surface area contributed by atoms with Gasteiger partial charge in [0.15, 0.2) is 0 Å². The molecular formula is C37H40N8O11S2. The fraction of sp³-hybridized carbons (Fsp3) is 0.243. The Morgan fingerprint density at radius 1 is 0.655 bits per heavy atom. The number of carbonyl (C=O) groups is 2. The van der Waals surface area contributed by atoms with Gasteiger partial charge in [-0.1, -0.05) is 0 Å². The highest BCUT2D eigenvalue weighted by Gasteiger charge is 2.22. The van der Waals surface area contributed by atoms with Crippen molar-refractivity contribution in [3.63, 3.8) is 0 Å². The molecule has 0 aliphatic heterocycles. The quantitative estimate of drug-likeness (QED) is 0.0520. The number of methoxy groups -OCH3 is 3. The maximum atomic E-state index is 12.6. The number of rotatable bonds is 15. The SMILES string of the molecule is COC(=O)Nc1nc2ccc(OS(=O)(=O)c3ccc(NCC4CC4)cc3)cc2[nH]1.COCCNc1ccc(S(=O)(=O)Oc2ccc3nc(NC(=O)OC)[nH]c3c2)cc1. The first-order valence-electron chi connectivity index (χ1n) is 17.6. The Bertz CT molecular complexity index is 2590. The Balaban J connectivity index is 0.000000196. The Labute approximate surface area is 333 Å². The molecular weight excluding hydrogens is 797 g/mol. The maximum Gasteiger partial charge on any atom is 0.413 e. The van der Waals surface area contributed by atoms with Crippen molar-refractivity contribution in [2.45, 2.75) is 22.6 Å². The lowest BCUT2D eigenvalue weighted by Gasteiger charge is -2.09. The van der Waals surface area contributed by atoms with E-state index in [-0.39, 0.29) is 33.2 Å². The van der Waals surface area contributed by atoms with Crippen molar-refractivity contribution in [1.82, 2.24) is 19.9 Å². The van der Waals surface area contributed by atoms with E-state index in [2.05, 4.69) is 50.7 Å². The molecule has 6 aromatic rings. The number of ether oxygens (including phenoxy) is 3. The van der Waals surface area contributed by atoms with Gasteiger partial charge >= 0.3 is 32.4 Å². The van der Waals surface area contributed by atoms with Crippen LogP contribution in [0.4, 0.5) is 32.9 Å². The fourth-order valence-electron chi connectivity index (χ4n) is 5.21. The van der Waals surface area contributed by atoms with Gasteiger partial charge < -0.3 is 43.2 Å². The third kappa shape index (κ3) is 11.0. The topological polar surface area (TPSA) is 254 Å². The number of amides is 2. The molecule has 6 N–H and O–H groups in total. The summed E-state index contributed by atoms with van der Waals surface area (Å²) in [6.07, 6.45) is 1.14. The highest BCUT2D eigenvalue weighted by Crippen LogP contribution is 2.30. The number of benzene rings is 4. The van der Waals surface area contributed by atoms with Crippen LogP contribution in [0.3, 0.4) is 0 Å². The Morgan fingerprint density at radius 3 is 1.52 bits per heavy atom. The molecule has 2 amide bonds. The predicted molar refractivity (Wildman–Crippen MR) is 214 cm³/mol. The fourth-order valence-corrected chi connectivity index (χ4v) is 7.05. The average molecular weight is 837 g/mol. The predicted octanol–water partition coefficient (Wildman–Crippen LogP) is 5.90. The molecule has 0 spiro atoms. The van der Waals surface area contributed by atoms with Crippen LogP contribution >= 0.6 is 0 Å². The Kier molecular flexibility index (Phi) is 12.8. The first-order valence-corrected chi connectivity index (χ1v) is 20.4. The molecule has 21 heteroatoms. The minimum Gasteiger partial charge on any atom is -0.453 e. The molecule has 19 nitrogen and oxygen atoms in total. The van der Waals surface area contributed by atoms with Crippen molar-refractivity contribution in [2.24, 2.45) is 5.92 Å². The van der Waals surface area contributed by atoms with Gasteiger partial charge in [0.2, 0.25) is 11.9 Å². The average Bonchev–Trinajstić information content (AvgIpc) is 3.83. The lowest BCUT2D eigenvalue weighted by molar-refractivity contribution is 0.186. The number of anilines is 4. The van der Waals surface area contributed by atoms with Crippen LogP contribution in [0.2, 0.25) is 0 Å². The van der Waals surface area contributed by atoms with E-state index in [9.17, 15) is 26.4 Å². The number of nitrogens with zero attached hydrogens (tertiary/aromatic N) is 2. The van der Waals surface area contributed by atoms with E-state index >= 15 is 0 Å². The molecule has 4 aromatic carbocycles. The number of aromatic amines is 2. The second-order valence-corrected chi connectivity index (χ2v) is 15.7. The monoisotopic (exact) mass is 836 g/mol. The van der Waals surface area contributed by atoms with Gasteiger partial charge in [-0.25, -0.2) is 19.6 Å². The minimum absolute atomic E-state index is 0.0209. The Hall–Kier alpha value is -6.58. The van der Waals surface area contributed by atoms with Crippen LogP contribution in [-0.4, -0.2) is 90.0 Å². The molecule has 1 saturated carbocycles. The summed E-state index contributed by atoms with van der Waals surface area (Å²) in [7, 11) is -3.93. The second-order valence-electron chi connectivity index (χ2n) is 12.6. The minimum atomic E-state index is -4.02. The van der Waals surface area contributed by atoms with Crippen LogP contribution in [-0.2, 0) is 34.4 Å². The van der Waals surface area contributed by atoms with Gasteiger partial charge in [-0.3, -0.25) is 10.6 Å². The molecule has 2 heterocycles. The number of nitrogens with one attached hydrogen (secondary N) is 6. The van der Waals surface area contributed by atoms with Crippen LogP contribution < -0.4 is 29.6 Å². The Morgan fingerprint density at radius 2 is 1.10 bits per heavy atom. The van der Waals surface area contributed by atoms with Crippen LogP contribution in [0, 0.1) is 5.92 Å². The third-order valence-electron chi connectivity index (χ3n) is 8.34. The van der Waals surface area contributed by atoms with Crippen molar-refractivity contribution in [2.75, 3.05) is 62.3 Å². The van der Waals surface area contributed by atoms with Gasteiger partial charge in [-0.15, -0.1) is 0 Å². The molecule has 7 rings (SSSR count). The summed E-state index contributed by atoms with van der Waals surface area (Å²) in [5.41, 5.74) is 3.69. The van der Waals surface area contributed by atoms with Gasteiger partial charge in [-0.05, 0) is 91.6 Å². The summed E-state index contributed by atoms with van der Waals surface area (Å²) in [5, 5.41) is 11.2. The molecule has 0 atom stereocenters. The first-order chi connectivity index (χ1) is 27.8. The van der Waals surface area contributed by atoms with Gasteiger partial charge in [0.1, 0.15) is 21.3 Å². The number of hydrogen-bond donors (Lipinski definition) is 6. The van der Waals surface area contributed by atoms with Gasteiger partial charge in [0.05, 0.1) is 42.9 Å². The van der Waals surface area contributed by atoms with E-state index < -0.39 is 32.4 Å². The summed E-state index contributed by atoms with van der Waals surface area (Å²) < 4.78 is 74.6. The molecule has 0 saturated heterocycles. The number of fused-ring (bicyclic) bond motifs is 2. The van der Waals surface area contributed by atoms with E-state index in [1.165, 1.54) is 75.6 Å². The summed E-state index contributed by atoms with van der Waals surface area (Å²) in [5.74, 6) is 1.31. The lowest BCUT2D eigenvalue weighted by atomic mass is 10.3. The molecule has 2 aromatic heterocycles. The third-order valence-corrected chi connectivity index (χ3v) is 10.9. The first kappa shape index (κ1) is 41.1. The second kappa shape index (κ2) is 18.1. The zero-order valence-corrected chi connectivity index (χ0v) is 33.0. The zero-order valence-electron chi connectivity index (χ0n) is 31.4. The zero-order chi connectivity index (χ0) is 41.3. The molecule has 0 radical (unpaired) electrons. The highest BCUT2D eigenvalue weighted by molar-refractivity contribution is 7.87. The summed E-state index contributed by atoms with van der Waals surface area (Å²) in [6, 6.07) is 21.8. The summed E-state index contributed by atoms with van der Waals surface area (Å²) in [4.78, 5) is 36.6. The van der Waals surface area contributed by atoms with Crippen molar-refractivity contribution in [3.05, 3.63) is 84.9 Å². The standard InChI is InChI=1S/C19H20N4O5S.C18H20N4O6S/c1-27-19(24)23-18-21-16-9-6-14(10-17(16)22-18)28-29(25,26)15-7-4-13(5-8-15)20-11-12-2-3-12;1-26-10-9-19-12-3-6-14(7-4-12)29(24,25)28-13-5-8-15-16(11-13)21-17(20-15)22-18(23)27-2/h4-10,12,20H,2-3,11H2,1H3,(H2,21,22,23,24);3-8,11,19H,9-10H2,1-2H3,(H2,20,21,22,23). The number of aromatic nitrogens is 4. The van der Waals surface area contributed by atoms with E-state index in [4.69, 9.17) is 13.1 Å². The van der Waals surface area contributed by atoms with E-state index in [1.807, 2.05) is 0 Å². The molecule has 1 aliphatic carbocycles. The van der Waals surface area contributed by atoms with Crippen LogP contribution in [0.1, 0.15) is 12.8 Å². The lowest BCUT2D eigenvalue weighted by Crippen LogP contribution is -2.11. The number of imidazole rings is 2. The normalized spacial score (nSPS) is 12.5. The largest absolute Gasteiger partial charge is 0.453 e. The molecule has 1 fully saturated rings. The summed E-state index contributed by atoms with van der Waals surface area (Å²) in [6.45, 7) is 2.05. The van der Waals surface area contributed by atoms with Crippen molar-refractivity contribution < 1.29 is 49.0 Å². The summed E-state index contributed by atoms with van der Waals surface area (Å²) >= 11 is 0. The van der Waals surface area contributed by atoms with Gasteiger partial charge in [0, 0.05) is 43.7 Å². The van der Waals surface area contributed by atoms with Gasteiger partial charge in [-0.2, -0.15) is 16.8 Å². The van der Waals surface area contributed by atoms with E-state index in [0.717, 1.165) is 23.8 Å². The number of H-pyrrole nitrogens is 2. The van der Waals surface area contributed by atoms with Crippen LogP contribution in [0.25, 0.3) is 22.1 Å². The molecule has 0 bridgehead atoms. The maximum absolute atomic E-state index is 12.6.